The van der Waals surface area contributed by atoms with Crippen LogP contribution < -0.4 is 5.32 Å². The number of nitro benzene ring substituents is 1. The van der Waals surface area contributed by atoms with E-state index in [1.165, 1.54) is 18.2 Å². The zero-order valence-corrected chi connectivity index (χ0v) is 12.4. The van der Waals surface area contributed by atoms with Crippen LogP contribution in [0.1, 0.15) is 21.5 Å². The quantitative estimate of drug-likeness (QED) is 0.665. The van der Waals surface area contributed by atoms with Gasteiger partial charge in [0.05, 0.1) is 10.5 Å². The number of hydrogen-bond acceptors (Lipinski definition) is 4. The van der Waals surface area contributed by atoms with Crippen molar-refractivity contribution in [2.45, 2.75) is 18.4 Å². The fourth-order valence-electron chi connectivity index (χ4n) is 2.96. The summed E-state index contributed by atoms with van der Waals surface area (Å²) in [4.78, 5) is 22.6. The number of nitrogens with one attached hydrogen (secondary N) is 1. The highest BCUT2D eigenvalue weighted by molar-refractivity contribution is 5.98. The molecule has 118 valence electrons. The molecule has 0 saturated heterocycles. The highest BCUT2D eigenvalue weighted by atomic mass is 16.6. The Labute approximate surface area is 132 Å². The van der Waals surface area contributed by atoms with Crippen molar-refractivity contribution >= 4 is 11.6 Å². The summed E-state index contributed by atoms with van der Waals surface area (Å²) in [6.07, 6.45) is 0.917. The van der Waals surface area contributed by atoms with Crippen molar-refractivity contribution in [2.24, 2.45) is 0 Å². The van der Waals surface area contributed by atoms with Gasteiger partial charge < -0.3 is 10.4 Å². The third-order valence-electron chi connectivity index (χ3n) is 4.08. The van der Waals surface area contributed by atoms with Gasteiger partial charge in [-0.05, 0) is 17.2 Å². The van der Waals surface area contributed by atoms with Crippen molar-refractivity contribution in [3.8, 4) is 0 Å². The van der Waals surface area contributed by atoms with Crippen molar-refractivity contribution in [3.05, 3.63) is 75.3 Å². The highest BCUT2D eigenvalue weighted by Gasteiger charge is 2.35. The van der Waals surface area contributed by atoms with E-state index in [9.17, 15) is 20.0 Å². The number of amides is 1. The SMILES string of the molecule is O=C(NCC1(O)Cc2ccccc2C1)c1ccccc1[N+](=O)[O-]. The van der Waals surface area contributed by atoms with E-state index in [0.717, 1.165) is 11.1 Å². The number of carbonyl (C=O) groups is 1. The number of para-hydroxylation sites is 1. The molecule has 0 heterocycles. The lowest BCUT2D eigenvalue weighted by atomic mass is 10.0. The lowest BCUT2D eigenvalue weighted by Crippen LogP contribution is -2.43. The average molecular weight is 312 g/mol. The molecular formula is C17H16N2O4. The van der Waals surface area contributed by atoms with Crippen molar-refractivity contribution in [1.82, 2.24) is 5.32 Å². The molecule has 1 aliphatic rings. The second kappa shape index (κ2) is 5.81. The van der Waals surface area contributed by atoms with Gasteiger partial charge >= 0.3 is 0 Å². The smallest absolute Gasteiger partial charge is 0.282 e. The van der Waals surface area contributed by atoms with Gasteiger partial charge in [0.15, 0.2) is 0 Å². The standard InChI is InChI=1S/C17H16N2O4/c20-16(14-7-3-4-8-15(14)19(22)23)18-11-17(21)9-12-5-1-2-6-13(12)10-17/h1-8,21H,9-11H2,(H,18,20). The molecule has 0 fully saturated rings. The van der Waals surface area contributed by atoms with E-state index in [1.54, 1.807) is 6.07 Å². The van der Waals surface area contributed by atoms with Crippen LogP contribution in [0.5, 0.6) is 0 Å². The Morgan fingerprint density at radius 3 is 2.30 bits per heavy atom. The van der Waals surface area contributed by atoms with Gasteiger partial charge in [0.25, 0.3) is 11.6 Å². The summed E-state index contributed by atoms with van der Waals surface area (Å²) in [5.74, 6) is -0.554. The van der Waals surface area contributed by atoms with E-state index in [1.807, 2.05) is 24.3 Å². The molecule has 2 aromatic carbocycles. The highest BCUT2D eigenvalue weighted by Crippen LogP contribution is 2.29. The maximum absolute atomic E-state index is 12.2. The van der Waals surface area contributed by atoms with Gasteiger partial charge in [-0.2, -0.15) is 0 Å². The van der Waals surface area contributed by atoms with Crippen LogP contribution in [0, 0.1) is 10.1 Å². The maximum Gasteiger partial charge on any atom is 0.282 e. The molecule has 23 heavy (non-hydrogen) atoms. The van der Waals surface area contributed by atoms with E-state index >= 15 is 0 Å². The molecule has 0 unspecified atom stereocenters. The van der Waals surface area contributed by atoms with Crippen LogP contribution in [0.25, 0.3) is 0 Å². The van der Waals surface area contributed by atoms with Crippen LogP contribution in [0.15, 0.2) is 48.5 Å². The molecule has 0 radical (unpaired) electrons. The molecule has 0 bridgehead atoms. The Hall–Kier alpha value is -2.73. The molecule has 2 aromatic rings. The number of hydrogen-bond donors (Lipinski definition) is 2. The lowest BCUT2D eigenvalue weighted by Gasteiger charge is -2.22. The number of rotatable bonds is 4. The number of nitro groups is 1. The van der Waals surface area contributed by atoms with Gasteiger partial charge in [-0.25, -0.2) is 0 Å². The van der Waals surface area contributed by atoms with Crippen LogP contribution in [0.3, 0.4) is 0 Å². The van der Waals surface area contributed by atoms with Gasteiger partial charge in [-0.15, -0.1) is 0 Å². The number of fused-ring (bicyclic) bond motifs is 1. The van der Waals surface area contributed by atoms with Gasteiger partial charge in [-0.1, -0.05) is 36.4 Å². The van der Waals surface area contributed by atoms with E-state index in [2.05, 4.69) is 5.32 Å². The Morgan fingerprint density at radius 1 is 1.13 bits per heavy atom. The Balaban J connectivity index is 1.70. The Bertz CT molecular complexity index is 748. The molecule has 0 aliphatic heterocycles. The molecular weight excluding hydrogens is 296 g/mol. The second-order valence-corrected chi connectivity index (χ2v) is 5.80. The molecule has 0 atom stereocenters. The third-order valence-corrected chi connectivity index (χ3v) is 4.08. The summed E-state index contributed by atoms with van der Waals surface area (Å²) in [5, 5.41) is 24.2. The van der Waals surface area contributed by atoms with Gasteiger partial charge in [-0.3, -0.25) is 14.9 Å². The summed E-state index contributed by atoms with van der Waals surface area (Å²) in [5.41, 5.74) is 0.830. The Morgan fingerprint density at radius 2 is 1.70 bits per heavy atom. The fourth-order valence-corrected chi connectivity index (χ4v) is 2.96. The maximum atomic E-state index is 12.2. The number of carbonyl (C=O) groups excluding carboxylic acids is 1. The topological polar surface area (TPSA) is 92.5 Å². The van der Waals surface area contributed by atoms with Crippen LogP contribution in [-0.4, -0.2) is 28.1 Å². The molecule has 3 rings (SSSR count). The first-order chi connectivity index (χ1) is 11.0. The molecule has 1 aliphatic carbocycles. The van der Waals surface area contributed by atoms with Crippen molar-refractivity contribution in [1.29, 1.82) is 0 Å². The first-order valence-corrected chi connectivity index (χ1v) is 7.29. The molecule has 0 aromatic heterocycles. The second-order valence-electron chi connectivity index (χ2n) is 5.80. The normalized spacial score (nSPS) is 15.0. The zero-order chi connectivity index (χ0) is 16.4. The summed E-state index contributed by atoms with van der Waals surface area (Å²) >= 11 is 0. The largest absolute Gasteiger partial charge is 0.387 e. The van der Waals surface area contributed by atoms with Gasteiger partial charge in [0, 0.05) is 25.5 Å². The van der Waals surface area contributed by atoms with Crippen LogP contribution in [-0.2, 0) is 12.8 Å². The van der Waals surface area contributed by atoms with Gasteiger partial charge in [0.1, 0.15) is 5.56 Å². The van der Waals surface area contributed by atoms with Crippen LogP contribution >= 0.6 is 0 Å². The molecule has 0 saturated carbocycles. The monoisotopic (exact) mass is 312 g/mol. The minimum absolute atomic E-state index is 0.00314. The van der Waals surface area contributed by atoms with Crippen molar-refractivity contribution < 1.29 is 14.8 Å². The van der Waals surface area contributed by atoms with E-state index in [-0.39, 0.29) is 17.8 Å². The molecule has 0 spiro atoms. The lowest BCUT2D eigenvalue weighted by molar-refractivity contribution is -0.385. The minimum atomic E-state index is -1.05. The van der Waals surface area contributed by atoms with Crippen molar-refractivity contribution in [3.63, 3.8) is 0 Å². The summed E-state index contributed by atoms with van der Waals surface area (Å²) in [6.45, 7) is 0.0482. The number of nitrogens with zero attached hydrogens (tertiary/aromatic N) is 1. The molecule has 2 N–H and O–H groups in total. The number of benzene rings is 2. The first-order valence-electron chi connectivity index (χ1n) is 7.29. The predicted molar refractivity (Wildman–Crippen MR) is 84.2 cm³/mol. The van der Waals surface area contributed by atoms with E-state index in [0.29, 0.717) is 12.8 Å². The predicted octanol–water partition coefficient (Wildman–Crippen LogP) is 1.85. The number of aliphatic hydroxyl groups is 1. The average Bonchev–Trinajstić information content (AvgIpc) is 2.89. The summed E-state index contributed by atoms with van der Waals surface area (Å²) in [7, 11) is 0. The molecule has 1 amide bonds. The summed E-state index contributed by atoms with van der Waals surface area (Å²) < 4.78 is 0. The zero-order valence-electron chi connectivity index (χ0n) is 12.4. The van der Waals surface area contributed by atoms with E-state index < -0.39 is 16.4 Å². The third kappa shape index (κ3) is 3.07. The summed E-state index contributed by atoms with van der Waals surface area (Å²) in [6, 6.07) is 13.5. The van der Waals surface area contributed by atoms with Crippen molar-refractivity contribution in [2.75, 3.05) is 6.54 Å². The Kier molecular flexibility index (Phi) is 3.83. The van der Waals surface area contributed by atoms with Crippen LogP contribution in [0.4, 0.5) is 5.69 Å². The van der Waals surface area contributed by atoms with E-state index in [4.69, 9.17) is 0 Å². The molecule has 6 heteroatoms. The minimum Gasteiger partial charge on any atom is -0.387 e. The van der Waals surface area contributed by atoms with Crippen LogP contribution in [0.2, 0.25) is 0 Å². The van der Waals surface area contributed by atoms with Gasteiger partial charge in [0.2, 0.25) is 0 Å². The fraction of sp³-hybridized carbons (Fsp3) is 0.235. The first kappa shape index (κ1) is 15.2. The molecule has 6 nitrogen and oxygen atoms in total.